The van der Waals surface area contributed by atoms with Crippen LogP contribution in [0, 0.1) is 0 Å². The Kier molecular flexibility index (Phi) is 7.67. The Labute approximate surface area is 133 Å². The predicted molar refractivity (Wildman–Crippen MR) is 88.8 cm³/mol. The lowest BCUT2D eigenvalue weighted by Crippen LogP contribution is -2.41. The summed E-state index contributed by atoms with van der Waals surface area (Å²) in [6, 6.07) is 5.18. The summed E-state index contributed by atoms with van der Waals surface area (Å²) in [5, 5.41) is 2.51. The van der Waals surface area contributed by atoms with Crippen LogP contribution in [0.5, 0.6) is 0 Å². The van der Waals surface area contributed by atoms with Crippen molar-refractivity contribution in [3.05, 3.63) is 23.8 Å². The molecule has 0 atom stereocenters. The van der Waals surface area contributed by atoms with Gasteiger partial charge < -0.3 is 15.0 Å². The number of ether oxygens (including phenoxy) is 1. The Balaban J connectivity index is 0.00000116. The first-order valence-electron chi connectivity index (χ1n) is 7.58. The molecule has 0 saturated carbocycles. The number of nitrogens with zero attached hydrogens (tertiary/aromatic N) is 1. The van der Waals surface area contributed by atoms with Gasteiger partial charge in [-0.15, -0.1) is 0 Å². The minimum Gasteiger partial charge on any atom is -0.381 e. The maximum atomic E-state index is 12.6. The van der Waals surface area contributed by atoms with Crippen LogP contribution in [-0.2, 0) is 9.53 Å². The summed E-state index contributed by atoms with van der Waals surface area (Å²) >= 11 is 0. The molecule has 1 saturated heterocycles. The van der Waals surface area contributed by atoms with E-state index >= 15 is 0 Å². The second kappa shape index (κ2) is 9.25. The Hall–Kier alpha value is -1.82. The van der Waals surface area contributed by atoms with Crippen LogP contribution < -0.4 is 10.8 Å². The molecule has 2 rings (SSSR count). The first-order chi connectivity index (χ1) is 10.6. The van der Waals surface area contributed by atoms with Gasteiger partial charge in [-0.25, -0.2) is 0 Å². The maximum absolute atomic E-state index is 12.6. The highest BCUT2D eigenvalue weighted by atomic mass is 16.5. The van der Waals surface area contributed by atoms with Crippen molar-refractivity contribution in [2.45, 2.75) is 32.7 Å². The lowest BCUT2D eigenvalue weighted by atomic mass is 9.91. The first kappa shape index (κ1) is 18.2. The van der Waals surface area contributed by atoms with Crippen LogP contribution in [0.2, 0.25) is 0 Å². The summed E-state index contributed by atoms with van der Waals surface area (Å²) in [5.74, 6) is -0.145. The average Bonchev–Trinajstić information content (AvgIpc) is 2.58. The van der Waals surface area contributed by atoms with E-state index in [2.05, 4.69) is 5.32 Å². The van der Waals surface area contributed by atoms with Crippen molar-refractivity contribution in [1.82, 2.24) is 4.90 Å². The summed E-state index contributed by atoms with van der Waals surface area (Å²) in [4.78, 5) is 24.9. The molecule has 0 bridgehead atoms. The topological polar surface area (TPSA) is 58.6 Å². The fraction of sp³-hybridized carbons (Fsp3) is 0.500. The van der Waals surface area contributed by atoms with Gasteiger partial charge in [-0.05, 0) is 18.9 Å². The summed E-state index contributed by atoms with van der Waals surface area (Å²) in [6.45, 7) is 5.33. The molecule has 0 aromatic heterocycles. The van der Waals surface area contributed by atoms with Gasteiger partial charge in [-0.1, -0.05) is 31.4 Å². The molecule has 1 aromatic rings. The largest absolute Gasteiger partial charge is 0.381 e. The monoisotopic (exact) mass is 302 g/mol. The fourth-order valence-corrected chi connectivity index (χ4v) is 2.40. The van der Waals surface area contributed by atoms with Crippen LogP contribution >= 0.6 is 0 Å². The molecule has 2 amide bonds. The molecular formula is C16H23BN2O3. The zero-order chi connectivity index (χ0) is 16.5. The third-order valence-corrected chi connectivity index (χ3v) is 3.59. The lowest BCUT2D eigenvalue weighted by Gasteiger charge is -2.31. The lowest BCUT2D eigenvalue weighted by molar-refractivity contribution is -0.105. The highest BCUT2D eigenvalue weighted by Gasteiger charge is 2.25. The van der Waals surface area contributed by atoms with E-state index in [9.17, 15) is 9.59 Å². The van der Waals surface area contributed by atoms with Crippen LogP contribution in [-0.4, -0.2) is 51.4 Å². The summed E-state index contributed by atoms with van der Waals surface area (Å²) in [7, 11) is 7.58. The molecule has 1 aliphatic heterocycles. The van der Waals surface area contributed by atoms with Crippen LogP contribution in [0.1, 0.15) is 37.0 Å². The van der Waals surface area contributed by atoms with E-state index in [-0.39, 0.29) is 11.9 Å². The molecular weight excluding hydrogens is 279 g/mol. The smallest absolute Gasteiger partial charge is 0.255 e. The van der Waals surface area contributed by atoms with E-state index in [0.29, 0.717) is 36.3 Å². The number of nitrogens with one attached hydrogen (secondary N) is 1. The van der Waals surface area contributed by atoms with Gasteiger partial charge in [0.1, 0.15) is 7.85 Å². The summed E-state index contributed by atoms with van der Waals surface area (Å²) in [5.41, 5.74) is 1.15. The van der Waals surface area contributed by atoms with Crippen molar-refractivity contribution in [1.29, 1.82) is 0 Å². The van der Waals surface area contributed by atoms with Crippen molar-refractivity contribution in [3.63, 3.8) is 0 Å². The Bertz CT molecular complexity index is 502. The van der Waals surface area contributed by atoms with Gasteiger partial charge in [0.15, 0.2) is 0 Å². The van der Waals surface area contributed by atoms with Crippen molar-refractivity contribution < 1.29 is 14.3 Å². The summed E-state index contributed by atoms with van der Waals surface area (Å²) < 4.78 is 5.30. The third-order valence-electron chi connectivity index (χ3n) is 3.59. The zero-order valence-electron chi connectivity index (χ0n) is 13.5. The van der Waals surface area contributed by atoms with Crippen molar-refractivity contribution >= 4 is 31.3 Å². The number of benzene rings is 1. The van der Waals surface area contributed by atoms with Crippen molar-refractivity contribution in [2.75, 3.05) is 25.6 Å². The second-order valence-electron chi connectivity index (χ2n) is 4.79. The molecule has 1 aromatic carbocycles. The van der Waals surface area contributed by atoms with Gasteiger partial charge in [-0.3, -0.25) is 9.59 Å². The summed E-state index contributed by atoms with van der Waals surface area (Å²) in [6.07, 6.45) is 2.17. The number of amides is 2. The number of carbonyl (C=O) groups is 2. The molecule has 1 heterocycles. The zero-order valence-corrected chi connectivity index (χ0v) is 13.5. The average molecular weight is 302 g/mol. The van der Waals surface area contributed by atoms with Gasteiger partial charge in [0, 0.05) is 32.0 Å². The third kappa shape index (κ3) is 4.34. The van der Waals surface area contributed by atoms with Crippen LogP contribution in [0.25, 0.3) is 0 Å². The van der Waals surface area contributed by atoms with E-state index in [1.54, 1.807) is 30.1 Å². The molecule has 1 N–H and O–H groups in total. The van der Waals surface area contributed by atoms with Gasteiger partial charge in [0.2, 0.25) is 6.41 Å². The van der Waals surface area contributed by atoms with Crippen LogP contribution in [0.3, 0.4) is 0 Å². The highest BCUT2D eigenvalue weighted by Crippen LogP contribution is 2.19. The van der Waals surface area contributed by atoms with Gasteiger partial charge in [0.05, 0.1) is 5.56 Å². The fourth-order valence-electron chi connectivity index (χ4n) is 2.40. The van der Waals surface area contributed by atoms with E-state index in [0.717, 1.165) is 12.8 Å². The number of para-hydroxylation sites is 1. The van der Waals surface area contributed by atoms with Crippen molar-refractivity contribution in [3.8, 4) is 0 Å². The SMILES string of the molecule is CC.[B]c1cccc(C(=O)N(C)C2CCOCC2)c1NC=O. The maximum Gasteiger partial charge on any atom is 0.255 e. The molecule has 118 valence electrons. The minimum absolute atomic E-state index is 0.145. The van der Waals surface area contributed by atoms with Gasteiger partial charge in [0.25, 0.3) is 5.91 Å². The van der Waals surface area contributed by atoms with E-state index in [1.807, 2.05) is 13.8 Å². The standard InChI is InChI=1S/C14H17BN2O3.C2H6/c1-17(10-5-7-20-8-6-10)14(19)11-3-2-4-12(15)13(11)16-9-18;1-2/h2-4,9-10H,5-8H2,1H3,(H,16,18);1-2H3. The second-order valence-corrected chi connectivity index (χ2v) is 4.79. The number of rotatable bonds is 4. The van der Waals surface area contributed by atoms with Gasteiger partial charge in [-0.2, -0.15) is 0 Å². The molecule has 6 heteroatoms. The normalized spacial score (nSPS) is 14.5. The Morgan fingerprint density at radius 2 is 2.00 bits per heavy atom. The molecule has 0 unspecified atom stereocenters. The molecule has 0 aliphatic carbocycles. The number of carbonyl (C=O) groups excluding carboxylic acids is 2. The van der Waals surface area contributed by atoms with E-state index in [4.69, 9.17) is 12.6 Å². The number of hydrogen-bond donors (Lipinski definition) is 1. The number of anilines is 1. The van der Waals surface area contributed by atoms with Crippen LogP contribution in [0.4, 0.5) is 5.69 Å². The molecule has 2 radical (unpaired) electrons. The van der Waals surface area contributed by atoms with E-state index < -0.39 is 0 Å². The highest BCUT2D eigenvalue weighted by molar-refractivity contribution is 6.37. The molecule has 22 heavy (non-hydrogen) atoms. The molecule has 1 aliphatic rings. The molecule has 1 fully saturated rings. The number of hydrogen-bond acceptors (Lipinski definition) is 3. The minimum atomic E-state index is -0.145. The van der Waals surface area contributed by atoms with Crippen molar-refractivity contribution in [2.24, 2.45) is 0 Å². The molecule has 5 nitrogen and oxygen atoms in total. The van der Waals surface area contributed by atoms with E-state index in [1.165, 1.54) is 0 Å². The first-order valence-corrected chi connectivity index (χ1v) is 7.58. The van der Waals surface area contributed by atoms with Crippen LogP contribution in [0.15, 0.2) is 18.2 Å². The Morgan fingerprint density at radius 1 is 1.36 bits per heavy atom. The predicted octanol–water partition coefficient (Wildman–Crippen LogP) is 1.33. The quantitative estimate of drug-likeness (QED) is 0.674. The molecule has 0 spiro atoms. The Morgan fingerprint density at radius 3 is 2.59 bits per heavy atom. The van der Waals surface area contributed by atoms with Gasteiger partial charge >= 0.3 is 0 Å².